The van der Waals surface area contributed by atoms with Crippen molar-refractivity contribution in [1.82, 2.24) is 4.98 Å². The first-order valence-corrected chi connectivity index (χ1v) is 9.80. The predicted molar refractivity (Wildman–Crippen MR) is 100 cm³/mol. The van der Waals surface area contributed by atoms with E-state index in [2.05, 4.69) is 4.98 Å². The number of aromatic nitrogens is 1. The van der Waals surface area contributed by atoms with Crippen LogP contribution < -0.4 is 4.74 Å². The van der Waals surface area contributed by atoms with Crippen LogP contribution in [0.15, 0.2) is 24.4 Å². The van der Waals surface area contributed by atoms with Gasteiger partial charge in [-0.15, -0.1) is 0 Å². The van der Waals surface area contributed by atoms with Gasteiger partial charge in [0.2, 0.25) is 0 Å². The molecule has 0 aliphatic carbocycles. The number of aliphatic hydroxyl groups excluding tert-OH is 4. The summed E-state index contributed by atoms with van der Waals surface area (Å²) in [6.45, 7) is 2.00. The number of rotatable bonds is 6. The molecule has 0 unspecified atom stereocenters. The van der Waals surface area contributed by atoms with Gasteiger partial charge < -0.3 is 29.9 Å². The van der Waals surface area contributed by atoms with E-state index in [1.165, 1.54) is 11.3 Å². The van der Waals surface area contributed by atoms with E-state index in [1.54, 1.807) is 24.4 Å². The van der Waals surface area contributed by atoms with E-state index >= 15 is 0 Å². The first-order chi connectivity index (χ1) is 12.9. The number of hydrogen-bond acceptors (Lipinski definition) is 8. The second-order valence-corrected chi connectivity index (χ2v) is 7.77. The summed E-state index contributed by atoms with van der Waals surface area (Å²) in [4.78, 5) is 4.32. The molecule has 0 radical (unpaired) electrons. The summed E-state index contributed by atoms with van der Waals surface area (Å²) in [6, 6.07) is 5.15. The molecule has 148 valence electrons. The molecule has 2 aromatic rings. The van der Waals surface area contributed by atoms with Crippen LogP contribution in [0.25, 0.3) is 0 Å². The van der Waals surface area contributed by atoms with Gasteiger partial charge in [0.25, 0.3) is 0 Å². The Kier molecular flexibility index (Phi) is 6.69. The zero-order valence-corrected chi connectivity index (χ0v) is 16.2. The Balaban J connectivity index is 1.83. The van der Waals surface area contributed by atoms with Gasteiger partial charge in [-0.25, -0.2) is 4.98 Å². The van der Waals surface area contributed by atoms with Gasteiger partial charge in [-0.1, -0.05) is 35.1 Å². The van der Waals surface area contributed by atoms with Crippen LogP contribution in [0.2, 0.25) is 5.02 Å². The molecule has 1 aromatic heterocycles. The van der Waals surface area contributed by atoms with Gasteiger partial charge in [-0.3, -0.25) is 0 Å². The van der Waals surface area contributed by atoms with Crippen molar-refractivity contribution in [3.8, 4) is 5.06 Å². The highest BCUT2D eigenvalue weighted by molar-refractivity contribution is 7.13. The predicted octanol–water partition coefficient (Wildman–Crippen LogP) is 1.30. The van der Waals surface area contributed by atoms with Crippen molar-refractivity contribution >= 4 is 22.9 Å². The van der Waals surface area contributed by atoms with Crippen LogP contribution >= 0.6 is 22.9 Å². The second-order valence-electron chi connectivity index (χ2n) is 6.28. The highest BCUT2D eigenvalue weighted by Crippen LogP contribution is 2.35. The Bertz CT molecular complexity index is 770. The van der Waals surface area contributed by atoms with Crippen LogP contribution in [0.4, 0.5) is 0 Å². The molecule has 0 amide bonds. The molecular formula is C18H22ClNO6S. The summed E-state index contributed by atoms with van der Waals surface area (Å²) in [5.74, 6) is 0. The quantitative estimate of drug-likeness (QED) is 0.562. The lowest BCUT2D eigenvalue weighted by Gasteiger charge is -2.40. The van der Waals surface area contributed by atoms with Gasteiger partial charge in [0.05, 0.1) is 19.4 Å². The smallest absolute Gasteiger partial charge is 0.194 e. The highest BCUT2D eigenvalue weighted by Gasteiger charge is 2.44. The summed E-state index contributed by atoms with van der Waals surface area (Å²) in [6.07, 6.45) is -3.86. The molecule has 27 heavy (non-hydrogen) atoms. The first-order valence-electron chi connectivity index (χ1n) is 8.61. The number of halogens is 1. The second kappa shape index (κ2) is 8.83. The lowest BCUT2D eigenvalue weighted by atomic mass is 9.90. The average Bonchev–Trinajstić information content (AvgIpc) is 3.09. The Morgan fingerprint density at radius 3 is 2.70 bits per heavy atom. The van der Waals surface area contributed by atoms with E-state index < -0.39 is 37.1 Å². The largest absolute Gasteiger partial charge is 0.483 e. The van der Waals surface area contributed by atoms with Crippen molar-refractivity contribution in [3.05, 3.63) is 45.6 Å². The Labute approximate surface area is 165 Å². The molecule has 7 nitrogen and oxygen atoms in total. The molecule has 1 fully saturated rings. The van der Waals surface area contributed by atoms with Crippen LogP contribution in [-0.2, 0) is 11.2 Å². The number of thiazole rings is 1. The number of ether oxygens (including phenoxy) is 2. The lowest BCUT2D eigenvalue weighted by molar-refractivity contribution is -0.231. The van der Waals surface area contributed by atoms with Crippen LogP contribution in [0, 0.1) is 0 Å². The molecule has 1 aliphatic rings. The number of hydrogen-bond donors (Lipinski definition) is 4. The van der Waals surface area contributed by atoms with Gasteiger partial charge in [0, 0.05) is 11.4 Å². The fraction of sp³-hybridized carbons (Fsp3) is 0.500. The monoisotopic (exact) mass is 415 g/mol. The normalized spacial score (nSPS) is 28.3. The SMILES string of the molecule is CCOc1cnc(Cc2cc([C@@H]3O[C@H](CO)[C@@H](O)[C@H](O)[C@H]3O)ccc2Cl)s1. The van der Waals surface area contributed by atoms with Crippen LogP contribution in [0.3, 0.4) is 0 Å². The van der Waals surface area contributed by atoms with E-state index in [0.29, 0.717) is 23.6 Å². The first kappa shape index (κ1) is 20.5. The molecule has 1 saturated heterocycles. The van der Waals surface area contributed by atoms with Gasteiger partial charge in [-0.05, 0) is 24.1 Å². The Morgan fingerprint density at radius 2 is 2.00 bits per heavy atom. The van der Waals surface area contributed by atoms with Crippen molar-refractivity contribution in [1.29, 1.82) is 0 Å². The molecule has 0 spiro atoms. The van der Waals surface area contributed by atoms with Crippen molar-refractivity contribution < 1.29 is 29.9 Å². The third kappa shape index (κ3) is 4.43. The summed E-state index contributed by atoms with van der Waals surface area (Å²) in [5.41, 5.74) is 1.37. The topological polar surface area (TPSA) is 112 Å². The van der Waals surface area contributed by atoms with Gasteiger partial charge in [0.15, 0.2) is 5.06 Å². The summed E-state index contributed by atoms with van der Waals surface area (Å²) in [7, 11) is 0. The lowest BCUT2D eigenvalue weighted by Crippen LogP contribution is -2.55. The van der Waals surface area contributed by atoms with Crippen molar-refractivity contribution in [3.63, 3.8) is 0 Å². The van der Waals surface area contributed by atoms with E-state index in [0.717, 1.165) is 15.6 Å². The zero-order valence-electron chi connectivity index (χ0n) is 14.7. The minimum atomic E-state index is -1.42. The van der Waals surface area contributed by atoms with Gasteiger partial charge in [-0.2, -0.15) is 0 Å². The molecule has 3 rings (SSSR count). The zero-order chi connectivity index (χ0) is 19.6. The third-order valence-electron chi connectivity index (χ3n) is 4.45. The minimum Gasteiger partial charge on any atom is -0.483 e. The molecule has 4 N–H and O–H groups in total. The maximum Gasteiger partial charge on any atom is 0.194 e. The molecule has 5 atom stereocenters. The molecule has 1 aromatic carbocycles. The molecule has 0 bridgehead atoms. The van der Waals surface area contributed by atoms with Gasteiger partial charge >= 0.3 is 0 Å². The Hall–Kier alpha value is -1.26. The summed E-state index contributed by atoms with van der Waals surface area (Å²) in [5, 5.41) is 41.7. The van der Waals surface area contributed by atoms with Crippen molar-refractivity contribution in [2.45, 2.75) is 43.9 Å². The number of nitrogens with zero attached hydrogens (tertiary/aromatic N) is 1. The maximum absolute atomic E-state index is 10.3. The van der Waals surface area contributed by atoms with Crippen LogP contribution in [0.5, 0.6) is 5.06 Å². The van der Waals surface area contributed by atoms with Crippen LogP contribution in [0.1, 0.15) is 29.2 Å². The highest BCUT2D eigenvalue weighted by atomic mass is 35.5. The molecule has 2 heterocycles. The van der Waals surface area contributed by atoms with E-state index in [-0.39, 0.29) is 0 Å². The Morgan fingerprint density at radius 1 is 1.22 bits per heavy atom. The minimum absolute atomic E-state index is 0.471. The summed E-state index contributed by atoms with van der Waals surface area (Å²) < 4.78 is 11.0. The molecule has 9 heteroatoms. The summed E-state index contributed by atoms with van der Waals surface area (Å²) >= 11 is 7.74. The fourth-order valence-corrected chi connectivity index (χ4v) is 4.06. The van der Waals surface area contributed by atoms with E-state index in [4.69, 9.17) is 21.1 Å². The number of benzene rings is 1. The molecule has 1 aliphatic heterocycles. The van der Waals surface area contributed by atoms with Crippen molar-refractivity contribution in [2.75, 3.05) is 13.2 Å². The van der Waals surface area contributed by atoms with Crippen molar-refractivity contribution in [2.24, 2.45) is 0 Å². The van der Waals surface area contributed by atoms with E-state index in [1.807, 2.05) is 6.92 Å². The van der Waals surface area contributed by atoms with Gasteiger partial charge in [0.1, 0.15) is 35.5 Å². The fourth-order valence-electron chi connectivity index (χ4n) is 3.03. The number of aliphatic hydroxyl groups is 4. The molecule has 0 saturated carbocycles. The third-order valence-corrected chi connectivity index (χ3v) is 5.73. The molecular weight excluding hydrogens is 394 g/mol. The van der Waals surface area contributed by atoms with Crippen LogP contribution in [-0.4, -0.2) is 63.0 Å². The average molecular weight is 416 g/mol. The standard InChI is InChI=1S/C18H22ClNO6S/c1-2-25-14-7-20-13(27-14)6-10-5-9(3-4-11(10)19)18-17(24)16(23)15(22)12(8-21)26-18/h3-5,7,12,15-18,21-24H,2,6,8H2,1H3/t12-,15-,16+,17-,18+/m1/s1. The maximum atomic E-state index is 10.3. The van der Waals surface area contributed by atoms with E-state index in [9.17, 15) is 20.4 Å².